The second-order valence-electron chi connectivity index (χ2n) is 8.49. The van der Waals surface area contributed by atoms with Gasteiger partial charge in [0.1, 0.15) is 5.76 Å². The smallest absolute Gasteiger partial charge is 0.301 e. The van der Waals surface area contributed by atoms with Crippen LogP contribution >= 0.6 is 11.3 Å². The second kappa shape index (κ2) is 11.0. The Balaban J connectivity index is 1.94. The van der Waals surface area contributed by atoms with Crippen molar-refractivity contribution >= 4 is 39.7 Å². The molecule has 3 aromatic rings. The fourth-order valence-corrected chi connectivity index (χ4v) is 5.19. The van der Waals surface area contributed by atoms with Crippen molar-refractivity contribution in [2.24, 2.45) is 0 Å². The van der Waals surface area contributed by atoms with Gasteiger partial charge in [0.2, 0.25) is 0 Å². The molecule has 1 amide bonds. The van der Waals surface area contributed by atoms with Crippen molar-refractivity contribution in [3.63, 3.8) is 0 Å². The molecular formula is C28H28N2O6S. The first-order valence-electron chi connectivity index (χ1n) is 12.0. The van der Waals surface area contributed by atoms with Crippen LogP contribution in [-0.2, 0) is 9.59 Å². The molecule has 9 heteroatoms. The van der Waals surface area contributed by atoms with Crippen LogP contribution in [0.3, 0.4) is 0 Å². The fourth-order valence-electron chi connectivity index (χ4n) is 4.20. The first-order chi connectivity index (χ1) is 17.8. The van der Waals surface area contributed by atoms with Gasteiger partial charge in [-0.1, -0.05) is 54.7 Å². The Morgan fingerprint density at radius 1 is 1.08 bits per heavy atom. The Morgan fingerprint density at radius 3 is 2.43 bits per heavy atom. The number of rotatable bonds is 9. The van der Waals surface area contributed by atoms with Crippen molar-refractivity contribution in [1.29, 1.82) is 0 Å². The molecule has 1 fully saturated rings. The van der Waals surface area contributed by atoms with E-state index in [0.29, 0.717) is 46.4 Å². The maximum absolute atomic E-state index is 13.4. The number of thiazole rings is 1. The molecule has 0 spiro atoms. The molecular weight excluding hydrogens is 492 g/mol. The summed E-state index contributed by atoms with van der Waals surface area (Å²) in [6, 6.07) is 12.8. The molecule has 1 atom stereocenters. The molecule has 2 heterocycles. The van der Waals surface area contributed by atoms with E-state index in [1.807, 2.05) is 13.8 Å². The fraction of sp³-hybridized carbons (Fsp3) is 0.286. The molecule has 37 heavy (non-hydrogen) atoms. The van der Waals surface area contributed by atoms with Gasteiger partial charge in [-0.25, -0.2) is 4.98 Å². The van der Waals surface area contributed by atoms with E-state index in [4.69, 9.17) is 9.47 Å². The van der Waals surface area contributed by atoms with Gasteiger partial charge in [0.05, 0.1) is 35.4 Å². The highest BCUT2D eigenvalue weighted by Gasteiger charge is 2.48. The van der Waals surface area contributed by atoms with Gasteiger partial charge in [0, 0.05) is 12.5 Å². The molecule has 1 unspecified atom stereocenters. The largest absolute Gasteiger partial charge is 0.507 e. The molecule has 0 bridgehead atoms. The lowest BCUT2D eigenvalue weighted by atomic mass is 9.95. The number of aliphatic hydroxyl groups excluding tert-OH is 1. The first kappa shape index (κ1) is 26.1. The third-order valence-corrected chi connectivity index (χ3v) is 7.11. The van der Waals surface area contributed by atoms with E-state index in [-0.39, 0.29) is 22.2 Å². The highest BCUT2D eigenvalue weighted by Crippen LogP contribution is 2.45. The summed E-state index contributed by atoms with van der Waals surface area (Å²) in [4.78, 5) is 45.0. The number of hydrogen-bond donors (Lipinski definition) is 1. The summed E-state index contributed by atoms with van der Waals surface area (Å²) in [5.41, 5.74) is 1.33. The third-order valence-electron chi connectivity index (χ3n) is 5.85. The zero-order chi connectivity index (χ0) is 26.7. The van der Waals surface area contributed by atoms with Crippen LogP contribution in [-0.4, -0.2) is 40.8 Å². The van der Waals surface area contributed by atoms with Crippen LogP contribution in [0, 0.1) is 6.92 Å². The number of Topliss-reactive ketones (excluding diaryl/α,β-unsaturated/α-hetero) is 2. The first-order valence-corrected chi connectivity index (χ1v) is 12.8. The number of carbonyl (C=O) groups is 3. The van der Waals surface area contributed by atoms with Crippen LogP contribution in [0.2, 0.25) is 0 Å². The van der Waals surface area contributed by atoms with E-state index in [0.717, 1.165) is 17.8 Å². The summed E-state index contributed by atoms with van der Waals surface area (Å²) >= 11 is 1.04. The number of aliphatic hydroxyl groups is 1. The molecule has 1 saturated heterocycles. The summed E-state index contributed by atoms with van der Waals surface area (Å²) in [5.74, 6) is -1.16. The van der Waals surface area contributed by atoms with Gasteiger partial charge in [0.15, 0.2) is 22.4 Å². The molecule has 1 aliphatic heterocycles. The van der Waals surface area contributed by atoms with Crippen LogP contribution in [0.4, 0.5) is 5.13 Å². The normalized spacial score (nSPS) is 16.8. The van der Waals surface area contributed by atoms with Gasteiger partial charge >= 0.3 is 5.91 Å². The van der Waals surface area contributed by atoms with Crippen LogP contribution in [0.15, 0.2) is 54.1 Å². The van der Waals surface area contributed by atoms with Crippen LogP contribution in [0.25, 0.3) is 5.76 Å². The number of nitrogens with zero attached hydrogens (tertiary/aromatic N) is 2. The molecule has 0 aliphatic carbocycles. The Kier molecular flexibility index (Phi) is 7.73. The van der Waals surface area contributed by atoms with Crippen molar-refractivity contribution in [3.8, 4) is 11.5 Å². The lowest BCUT2D eigenvalue weighted by Gasteiger charge is -2.24. The number of hydrogen-bond acceptors (Lipinski definition) is 8. The molecule has 0 radical (unpaired) electrons. The van der Waals surface area contributed by atoms with Crippen molar-refractivity contribution in [3.05, 3.63) is 75.8 Å². The summed E-state index contributed by atoms with van der Waals surface area (Å²) < 4.78 is 11.6. The monoisotopic (exact) mass is 520 g/mol. The number of aryl methyl sites for hydroxylation is 1. The molecule has 0 saturated carbocycles. The third kappa shape index (κ3) is 4.99. The quantitative estimate of drug-likeness (QED) is 0.173. The van der Waals surface area contributed by atoms with Gasteiger partial charge in [-0.15, -0.1) is 0 Å². The minimum absolute atomic E-state index is 0.0712. The number of carbonyl (C=O) groups excluding carboxylic acids is 3. The predicted molar refractivity (Wildman–Crippen MR) is 141 cm³/mol. The minimum atomic E-state index is -0.995. The summed E-state index contributed by atoms with van der Waals surface area (Å²) in [6.07, 6.45) is 0.812. The summed E-state index contributed by atoms with van der Waals surface area (Å²) in [6.45, 7) is 7.83. The van der Waals surface area contributed by atoms with Crippen LogP contribution in [0.5, 0.6) is 11.5 Å². The minimum Gasteiger partial charge on any atom is -0.507 e. The molecule has 2 aromatic carbocycles. The average Bonchev–Trinajstić information content (AvgIpc) is 3.40. The second-order valence-corrected chi connectivity index (χ2v) is 9.47. The SMILES string of the molecule is CCCOc1ccc(C2C(=C(O)c3ccccc3)C(=O)C(=O)N2c2nc(C)c(C(C)=O)s2)cc1OCC. The van der Waals surface area contributed by atoms with Crippen LogP contribution < -0.4 is 14.4 Å². The number of aromatic nitrogens is 1. The van der Waals surface area contributed by atoms with Crippen molar-refractivity contribution in [2.45, 2.75) is 40.2 Å². The lowest BCUT2D eigenvalue weighted by molar-refractivity contribution is -0.132. The lowest BCUT2D eigenvalue weighted by Crippen LogP contribution is -2.29. The Morgan fingerprint density at radius 2 is 1.81 bits per heavy atom. The number of benzene rings is 2. The van der Waals surface area contributed by atoms with Gasteiger partial charge in [-0.3, -0.25) is 19.3 Å². The van der Waals surface area contributed by atoms with E-state index in [9.17, 15) is 19.5 Å². The van der Waals surface area contributed by atoms with Gasteiger partial charge in [0.25, 0.3) is 5.78 Å². The molecule has 4 rings (SSSR count). The Bertz CT molecular complexity index is 1380. The van der Waals surface area contributed by atoms with E-state index in [2.05, 4.69) is 4.98 Å². The average molecular weight is 521 g/mol. The molecule has 1 N–H and O–H groups in total. The molecule has 1 aliphatic rings. The van der Waals surface area contributed by atoms with Crippen molar-refractivity contribution in [2.75, 3.05) is 18.1 Å². The summed E-state index contributed by atoms with van der Waals surface area (Å²) in [7, 11) is 0. The van der Waals surface area contributed by atoms with Gasteiger partial charge in [-0.2, -0.15) is 0 Å². The van der Waals surface area contributed by atoms with Gasteiger partial charge < -0.3 is 14.6 Å². The topological polar surface area (TPSA) is 106 Å². The summed E-state index contributed by atoms with van der Waals surface area (Å²) in [5, 5.41) is 11.4. The van der Waals surface area contributed by atoms with Crippen molar-refractivity contribution < 1.29 is 29.0 Å². The van der Waals surface area contributed by atoms with Gasteiger partial charge in [-0.05, 0) is 38.0 Å². The van der Waals surface area contributed by atoms with Crippen molar-refractivity contribution in [1.82, 2.24) is 4.98 Å². The zero-order valence-electron chi connectivity index (χ0n) is 21.1. The number of amides is 1. The zero-order valence-corrected chi connectivity index (χ0v) is 21.9. The number of ketones is 2. The highest BCUT2D eigenvalue weighted by molar-refractivity contribution is 7.18. The Labute approximate surface area is 219 Å². The molecule has 8 nitrogen and oxygen atoms in total. The molecule has 192 valence electrons. The molecule has 1 aromatic heterocycles. The Hall–Kier alpha value is -3.98. The van der Waals surface area contributed by atoms with Crippen LogP contribution in [0.1, 0.15) is 59.7 Å². The van der Waals surface area contributed by atoms with E-state index in [1.165, 1.54) is 11.8 Å². The highest BCUT2D eigenvalue weighted by atomic mass is 32.1. The maximum atomic E-state index is 13.4. The van der Waals surface area contributed by atoms with E-state index < -0.39 is 17.7 Å². The predicted octanol–water partition coefficient (Wildman–Crippen LogP) is 5.47. The number of ether oxygens (including phenoxy) is 2. The van der Waals surface area contributed by atoms with E-state index >= 15 is 0 Å². The van der Waals surface area contributed by atoms with E-state index in [1.54, 1.807) is 55.5 Å². The number of anilines is 1. The maximum Gasteiger partial charge on any atom is 0.301 e. The standard InChI is InChI=1S/C28H28N2O6S/c1-5-14-36-20-13-12-19(15-21(20)35-6-2)23-22(24(32)18-10-8-7-9-11-18)25(33)27(34)30(23)28-29-16(3)26(37-28)17(4)31/h7-13,15,23,32H,5-6,14H2,1-4H3.